The minimum Gasteiger partial charge on any atom is -0.507 e. The maximum atomic E-state index is 10.4. The van der Waals surface area contributed by atoms with Gasteiger partial charge in [0, 0.05) is 10.6 Å². The van der Waals surface area contributed by atoms with Crippen molar-refractivity contribution >= 4 is 23.3 Å². The number of carbonyl (C=O) groups is 1. The summed E-state index contributed by atoms with van der Waals surface area (Å²) < 4.78 is 0. The highest BCUT2D eigenvalue weighted by atomic mass is 35.5. The third-order valence-electron chi connectivity index (χ3n) is 1.68. The second kappa shape index (κ2) is 4.65. The van der Waals surface area contributed by atoms with Crippen molar-refractivity contribution in [2.75, 3.05) is 0 Å². The Hall–Kier alpha value is -1.75. The van der Waals surface area contributed by atoms with Crippen molar-refractivity contribution < 1.29 is 9.90 Å². The monoisotopic (exact) mass is 227 g/mol. The molecule has 0 unspecified atom stereocenters. The molecule has 0 heterocycles. The number of carbonyl (C=O) groups excluding carboxylic acids is 1. The molecule has 0 atom stereocenters. The van der Waals surface area contributed by atoms with Gasteiger partial charge in [-0.3, -0.25) is 0 Å². The lowest BCUT2D eigenvalue weighted by Gasteiger charge is -2.04. The second-order valence-electron chi connectivity index (χ2n) is 2.83. The molecule has 2 amide bonds. The quantitative estimate of drug-likeness (QED) is 0.527. The summed E-state index contributed by atoms with van der Waals surface area (Å²) in [6.07, 6.45) is 0. The number of phenolic OH excluding ortho intramolecular Hbond substituents is 1. The zero-order valence-corrected chi connectivity index (χ0v) is 8.75. The molecule has 1 rings (SSSR count). The van der Waals surface area contributed by atoms with Crippen molar-refractivity contribution in [2.24, 2.45) is 10.8 Å². The smallest absolute Gasteiger partial charge is 0.332 e. The molecule has 4 N–H and O–H groups in total. The molecule has 0 aliphatic heterocycles. The van der Waals surface area contributed by atoms with Crippen LogP contribution < -0.4 is 11.2 Å². The highest BCUT2D eigenvalue weighted by Gasteiger charge is 2.05. The van der Waals surface area contributed by atoms with E-state index in [1.165, 1.54) is 6.07 Å². The van der Waals surface area contributed by atoms with Crippen LogP contribution in [0.25, 0.3) is 0 Å². The van der Waals surface area contributed by atoms with E-state index in [0.29, 0.717) is 16.3 Å². The molecule has 0 fully saturated rings. The molecule has 0 bridgehead atoms. The van der Waals surface area contributed by atoms with Crippen LogP contribution in [0.5, 0.6) is 5.75 Å². The summed E-state index contributed by atoms with van der Waals surface area (Å²) in [5.74, 6) is 0.0342. The van der Waals surface area contributed by atoms with Gasteiger partial charge in [-0.25, -0.2) is 10.2 Å². The van der Waals surface area contributed by atoms with Crippen molar-refractivity contribution in [1.82, 2.24) is 5.43 Å². The number of halogens is 1. The Morgan fingerprint density at radius 2 is 2.27 bits per heavy atom. The van der Waals surface area contributed by atoms with Gasteiger partial charge in [-0.05, 0) is 25.1 Å². The lowest BCUT2D eigenvalue weighted by Crippen LogP contribution is -2.25. The summed E-state index contributed by atoms with van der Waals surface area (Å²) in [5, 5.41) is 13.6. The van der Waals surface area contributed by atoms with Gasteiger partial charge in [0.15, 0.2) is 0 Å². The molecule has 1 aromatic carbocycles. The second-order valence-corrected chi connectivity index (χ2v) is 3.27. The predicted octanol–water partition coefficient (Wildman–Crippen LogP) is 1.44. The molecule has 6 heteroatoms. The first-order chi connectivity index (χ1) is 7.00. The number of primary amides is 1. The number of hydrazone groups is 1. The first kappa shape index (κ1) is 11.3. The van der Waals surface area contributed by atoms with Crippen LogP contribution in [-0.2, 0) is 0 Å². The molecule has 5 nitrogen and oxygen atoms in total. The van der Waals surface area contributed by atoms with Gasteiger partial charge in [0.1, 0.15) is 5.75 Å². The highest BCUT2D eigenvalue weighted by Crippen LogP contribution is 2.21. The molecule has 1 aromatic rings. The first-order valence-corrected chi connectivity index (χ1v) is 4.47. The summed E-state index contributed by atoms with van der Waals surface area (Å²) in [5.41, 5.74) is 7.76. The average molecular weight is 228 g/mol. The molecule has 0 aliphatic carbocycles. The Labute approximate surface area is 91.5 Å². The van der Waals surface area contributed by atoms with Crippen LogP contribution in [-0.4, -0.2) is 16.8 Å². The van der Waals surface area contributed by atoms with Crippen LogP contribution in [0.2, 0.25) is 5.02 Å². The molecule has 0 spiro atoms. The number of aromatic hydroxyl groups is 1. The van der Waals surface area contributed by atoms with Crippen molar-refractivity contribution in [3.63, 3.8) is 0 Å². The lowest BCUT2D eigenvalue weighted by molar-refractivity contribution is 0.249. The summed E-state index contributed by atoms with van der Waals surface area (Å²) in [7, 11) is 0. The van der Waals surface area contributed by atoms with E-state index in [2.05, 4.69) is 10.5 Å². The molecule has 0 radical (unpaired) electrons. The Morgan fingerprint density at radius 3 is 2.87 bits per heavy atom. The molecule has 0 aliphatic rings. The van der Waals surface area contributed by atoms with Crippen molar-refractivity contribution in [1.29, 1.82) is 0 Å². The maximum absolute atomic E-state index is 10.4. The molecular weight excluding hydrogens is 218 g/mol. The van der Waals surface area contributed by atoms with E-state index in [4.69, 9.17) is 17.3 Å². The molecule has 0 saturated carbocycles. The van der Waals surface area contributed by atoms with E-state index in [-0.39, 0.29) is 5.75 Å². The number of amides is 2. The van der Waals surface area contributed by atoms with E-state index in [0.717, 1.165) is 0 Å². The van der Waals surface area contributed by atoms with Gasteiger partial charge >= 0.3 is 6.03 Å². The van der Waals surface area contributed by atoms with E-state index < -0.39 is 6.03 Å². The van der Waals surface area contributed by atoms with E-state index in [1.54, 1.807) is 19.1 Å². The number of urea groups is 1. The fraction of sp³-hybridized carbons (Fsp3) is 0.111. The van der Waals surface area contributed by atoms with Gasteiger partial charge in [-0.2, -0.15) is 5.10 Å². The standard InChI is InChI=1S/C9H10ClN3O2/c1-5(12-13-9(11)15)7-4-6(10)2-3-8(7)14/h2-4,14H,1H3,(H3,11,13,15)/b12-5-. The highest BCUT2D eigenvalue weighted by molar-refractivity contribution is 6.31. The van der Waals surface area contributed by atoms with Gasteiger partial charge in [0.2, 0.25) is 0 Å². The lowest BCUT2D eigenvalue weighted by atomic mass is 10.1. The van der Waals surface area contributed by atoms with Gasteiger partial charge < -0.3 is 10.8 Å². The normalized spacial score (nSPS) is 11.2. The molecule has 0 saturated heterocycles. The van der Waals surface area contributed by atoms with Crippen molar-refractivity contribution in [3.8, 4) is 5.75 Å². The zero-order chi connectivity index (χ0) is 11.4. The topological polar surface area (TPSA) is 87.7 Å². The predicted molar refractivity (Wildman–Crippen MR) is 58.0 cm³/mol. The first-order valence-electron chi connectivity index (χ1n) is 4.09. The van der Waals surface area contributed by atoms with Gasteiger partial charge in [-0.15, -0.1) is 0 Å². The molecule has 0 aromatic heterocycles. The van der Waals surface area contributed by atoms with Crippen LogP contribution in [0, 0.1) is 0 Å². The number of nitrogens with one attached hydrogen (secondary N) is 1. The number of rotatable bonds is 2. The minimum atomic E-state index is -0.768. The Bertz CT molecular complexity index is 418. The van der Waals surface area contributed by atoms with E-state index in [9.17, 15) is 9.90 Å². The number of benzene rings is 1. The number of nitrogens with two attached hydrogens (primary N) is 1. The third kappa shape index (κ3) is 3.14. The van der Waals surface area contributed by atoms with Crippen LogP contribution in [0.1, 0.15) is 12.5 Å². The minimum absolute atomic E-state index is 0.0342. The fourth-order valence-corrected chi connectivity index (χ4v) is 1.17. The Balaban J connectivity index is 2.99. The maximum Gasteiger partial charge on any atom is 0.332 e. The van der Waals surface area contributed by atoms with Gasteiger partial charge in [0.25, 0.3) is 0 Å². The van der Waals surface area contributed by atoms with Gasteiger partial charge in [-0.1, -0.05) is 11.6 Å². The Kier molecular flexibility index (Phi) is 3.51. The van der Waals surface area contributed by atoms with Crippen molar-refractivity contribution in [2.45, 2.75) is 6.92 Å². The van der Waals surface area contributed by atoms with Crippen molar-refractivity contribution in [3.05, 3.63) is 28.8 Å². The third-order valence-corrected chi connectivity index (χ3v) is 1.92. The summed E-state index contributed by atoms with van der Waals surface area (Å²) in [6.45, 7) is 1.61. The van der Waals surface area contributed by atoms with Crippen LogP contribution >= 0.6 is 11.6 Å². The molecule has 80 valence electrons. The summed E-state index contributed by atoms with van der Waals surface area (Å²) in [6, 6.07) is 3.77. The number of hydrogen-bond acceptors (Lipinski definition) is 3. The fourth-order valence-electron chi connectivity index (χ4n) is 0.997. The van der Waals surface area contributed by atoms with Crippen LogP contribution in [0.3, 0.4) is 0 Å². The molecular formula is C9H10ClN3O2. The van der Waals surface area contributed by atoms with Crippen LogP contribution in [0.15, 0.2) is 23.3 Å². The zero-order valence-electron chi connectivity index (χ0n) is 7.99. The summed E-state index contributed by atoms with van der Waals surface area (Å²) in [4.78, 5) is 10.4. The number of phenols is 1. The van der Waals surface area contributed by atoms with E-state index >= 15 is 0 Å². The number of nitrogens with zero attached hydrogens (tertiary/aromatic N) is 1. The molecule has 15 heavy (non-hydrogen) atoms. The number of hydrogen-bond donors (Lipinski definition) is 3. The average Bonchev–Trinajstić information content (AvgIpc) is 2.18. The largest absolute Gasteiger partial charge is 0.507 e. The van der Waals surface area contributed by atoms with Gasteiger partial charge in [0.05, 0.1) is 5.71 Å². The Morgan fingerprint density at radius 1 is 1.60 bits per heavy atom. The van der Waals surface area contributed by atoms with Crippen LogP contribution in [0.4, 0.5) is 4.79 Å². The summed E-state index contributed by atoms with van der Waals surface area (Å²) >= 11 is 5.75. The SMILES string of the molecule is C/C(=N/NC(N)=O)c1cc(Cl)ccc1O. The van der Waals surface area contributed by atoms with E-state index in [1.807, 2.05) is 0 Å².